The molecule has 0 radical (unpaired) electrons. The van der Waals surface area contributed by atoms with Crippen LogP contribution in [0, 0.1) is 0 Å². The number of carbonyl (C=O) groups excluding carboxylic acids is 2. The standard InChI is InChI=1S/C21H21N3O5S/c1-29-18-9-11-19(12-10-18)30(27,28)24(22)21(26)17-8-5-13-23(14-17)15-20(25)16-6-3-2-4-7-16/h2-7,9-14H,8,15,22H2,1H3. The van der Waals surface area contributed by atoms with Crippen LogP contribution in [0.2, 0.25) is 0 Å². The second kappa shape index (κ2) is 8.93. The van der Waals surface area contributed by atoms with E-state index in [2.05, 4.69) is 0 Å². The summed E-state index contributed by atoms with van der Waals surface area (Å²) in [6.07, 6.45) is 4.96. The van der Waals surface area contributed by atoms with Gasteiger partial charge in [0.1, 0.15) is 5.75 Å². The van der Waals surface area contributed by atoms with E-state index < -0.39 is 15.9 Å². The van der Waals surface area contributed by atoms with Crippen LogP contribution >= 0.6 is 0 Å². The predicted octanol–water partition coefficient (Wildman–Crippen LogP) is 2.07. The zero-order valence-electron chi connectivity index (χ0n) is 16.3. The number of hydrogen-bond acceptors (Lipinski definition) is 7. The molecule has 0 unspecified atom stereocenters. The molecule has 1 heterocycles. The Morgan fingerprint density at radius 2 is 1.77 bits per heavy atom. The molecule has 156 valence electrons. The highest BCUT2D eigenvalue weighted by atomic mass is 32.2. The summed E-state index contributed by atoms with van der Waals surface area (Å²) in [5.74, 6) is 5.15. The Hall–Kier alpha value is -3.43. The van der Waals surface area contributed by atoms with Crippen molar-refractivity contribution >= 4 is 21.7 Å². The Morgan fingerprint density at radius 1 is 1.10 bits per heavy atom. The van der Waals surface area contributed by atoms with E-state index in [0.717, 1.165) is 0 Å². The number of rotatable bonds is 7. The Balaban J connectivity index is 1.75. The molecule has 2 aromatic rings. The number of methoxy groups -OCH3 is 1. The number of Topliss-reactive ketones (excluding diaryl/α,β-unsaturated/α-hetero) is 1. The molecule has 0 fully saturated rings. The number of allylic oxidation sites excluding steroid dienone is 1. The summed E-state index contributed by atoms with van der Waals surface area (Å²) in [4.78, 5) is 26.5. The van der Waals surface area contributed by atoms with Crippen LogP contribution < -0.4 is 10.6 Å². The number of amides is 1. The van der Waals surface area contributed by atoms with Gasteiger partial charge in [-0.25, -0.2) is 5.84 Å². The first-order chi connectivity index (χ1) is 14.3. The van der Waals surface area contributed by atoms with Gasteiger partial charge in [-0.3, -0.25) is 9.59 Å². The van der Waals surface area contributed by atoms with Crippen molar-refractivity contribution in [1.29, 1.82) is 0 Å². The van der Waals surface area contributed by atoms with Crippen LogP contribution in [-0.4, -0.2) is 43.1 Å². The molecule has 0 atom stereocenters. The molecule has 8 nitrogen and oxygen atoms in total. The SMILES string of the molecule is COc1ccc(S(=O)(=O)N(N)C(=O)C2=CN(CC(=O)c3ccccc3)C=CC2)cc1. The molecule has 0 saturated carbocycles. The minimum Gasteiger partial charge on any atom is -0.497 e. The minimum absolute atomic E-state index is 0.00704. The summed E-state index contributed by atoms with van der Waals surface area (Å²) in [5.41, 5.74) is 0.693. The highest BCUT2D eigenvalue weighted by Gasteiger charge is 2.29. The lowest BCUT2D eigenvalue weighted by molar-refractivity contribution is -0.123. The number of hydrazine groups is 1. The third-order valence-electron chi connectivity index (χ3n) is 4.47. The third-order valence-corrected chi connectivity index (χ3v) is 6.02. The van der Waals surface area contributed by atoms with Crippen LogP contribution in [0.4, 0.5) is 0 Å². The van der Waals surface area contributed by atoms with Crippen LogP contribution in [-0.2, 0) is 14.8 Å². The molecular weight excluding hydrogens is 406 g/mol. The van der Waals surface area contributed by atoms with Crippen molar-refractivity contribution in [2.75, 3.05) is 13.7 Å². The van der Waals surface area contributed by atoms with Crippen molar-refractivity contribution in [1.82, 2.24) is 9.31 Å². The maximum Gasteiger partial charge on any atom is 0.280 e. The van der Waals surface area contributed by atoms with Crippen molar-refractivity contribution < 1.29 is 22.7 Å². The first-order valence-electron chi connectivity index (χ1n) is 9.02. The van der Waals surface area contributed by atoms with Gasteiger partial charge in [0.25, 0.3) is 15.9 Å². The van der Waals surface area contributed by atoms with E-state index in [1.54, 1.807) is 36.5 Å². The molecule has 0 saturated heterocycles. The number of sulfonamides is 1. The van der Waals surface area contributed by atoms with Gasteiger partial charge >= 0.3 is 0 Å². The third kappa shape index (κ3) is 4.58. The first kappa shape index (κ1) is 21.3. The van der Waals surface area contributed by atoms with Gasteiger partial charge in [-0.15, -0.1) is 0 Å². The Labute approximate surface area is 174 Å². The number of carbonyl (C=O) groups is 2. The zero-order chi connectivity index (χ0) is 21.7. The maximum atomic E-state index is 12.7. The van der Waals surface area contributed by atoms with Gasteiger partial charge in [-0.1, -0.05) is 36.4 Å². The molecule has 30 heavy (non-hydrogen) atoms. The highest BCUT2D eigenvalue weighted by molar-refractivity contribution is 7.89. The molecule has 0 spiro atoms. The number of nitrogens with zero attached hydrogens (tertiary/aromatic N) is 2. The highest BCUT2D eigenvalue weighted by Crippen LogP contribution is 2.21. The van der Waals surface area contributed by atoms with Crippen LogP contribution in [0.5, 0.6) is 5.75 Å². The molecule has 2 N–H and O–H groups in total. The van der Waals surface area contributed by atoms with E-state index in [1.807, 2.05) is 6.07 Å². The average molecular weight is 427 g/mol. The van der Waals surface area contributed by atoms with Gasteiger partial charge < -0.3 is 9.64 Å². The second-order valence-corrected chi connectivity index (χ2v) is 8.30. The van der Waals surface area contributed by atoms with E-state index in [-0.39, 0.29) is 33.6 Å². The van der Waals surface area contributed by atoms with E-state index in [1.165, 1.54) is 42.5 Å². The summed E-state index contributed by atoms with van der Waals surface area (Å²) in [5, 5.41) is 0. The van der Waals surface area contributed by atoms with Crippen LogP contribution in [0.1, 0.15) is 16.8 Å². The lowest BCUT2D eigenvalue weighted by Gasteiger charge is -2.23. The summed E-state index contributed by atoms with van der Waals surface area (Å²) in [6, 6.07) is 14.3. The molecule has 9 heteroatoms. The Morgan fingerprint density at radius 3 is 2.40 bits per heavy atom. The first-order valence-corrected chi connectivity index (χ1v) is 10.5. The molecule has 0 bridgehead atoms. The van der Waals surface area contributed by atoms with Crippen molar-refractivity contribution in [3.8, 4) is 5.75 Å². The number of hydrogen-bond donors (Lipinski definition) is 1. The second-order valence-electron chi connectivity index (χ2n) is 6.49. The molecule has 0 aliphatic carbocycles. The van der Waals surface area contributed by atoms with Gasteiger partial charge in [0.2, 0.25) is 0 Å². The normalized spacial score (nSPS) is 13.5. The monoisotopic (exact) mass is 427 g/mol. The van der Waals surface area contributed by atoms with Crippen LogP contribution in [0.3, 0.4) is 0 Å². The topological polar surface area (TPSA) is 110 Å². The lowest BCUT2D eigenvalue weighted by atomic mass is 10.1. The van der Waals surface area contributed by atoms with Gasteiger partial charge in [0.05, 0.1) is 18.6 Å². The van der Waals surface area contributed by atoms with Gasteiger partial charge in [-0.2, -0.15) is 12.8 Å². The number of ether oxygens (including phenoxy) is 1. The van der Waals surface area contributed by atoms with Gasteiger partial charge in [-0.05, 0) is 30.7 Å². The molecule has 3 rings (SSSR count). The van der Waals surface area contributed by atoms with E-state index in [9.17, 15) is 18.0 Å². The average Bonchev–Trinajstić information content (AvgIpc) is 2.78. The molecule has 1 aliphatic rings. The number of benzene rings is 2. The molecule has 2 aromatic carbocycles. The quantitative estimate of drug-likeness (QED) is 0.312. The van der Waals surface area contributed by atoms with Crippen molar-refractivity contribution in [3.05, 3.63) is 84.2 Å². The summed E-state index contributed by atoms with van der Waals surface area (Å²) in [7, 11) is -2.78. The van der Waals surface area contributed by atoms with Crippen molar-refractivity contribution in [2.24, 2.45) is 5.84 Å². The Kier molecular flexibility index (Phi) is 6.34. The van der Waals surface area contributed by atoms with E-state index in [4.69, 9.17) is 10.6 Å². The summed E-state index contributed by atoms with van der Waals surface area (Å²) >= 11 is 0. The smallest absolute Gasteiger partial charge is 0.280 e. The molecule has 0 aromatic heterocycles. The maximum absolute atomic E-state index is 12.7. The van der Waals surface area contributed by atoms with Gasteiger partial charge in [0, 0.05) is 23.5 Å². The summed E-state index contributed by atoms with van der Waals surface area (Å²) in [6.45, 7) is 0.00704. The number of ketones is 1. The van der Waals surface area contributed by atoms with Crippen molar-refractivity contribution in [2.45, 2.75) is 11.3 Å². The van der Waals surface area contributed by atoms with Crippen LogP contribution in [0.15, 0.2) is 83.5 Å². The number of nitrogens with two attached hydrogens (primary N) is 1. The largest absolute Gasteiger partial charge is 0.497 e. The fourth-order valence-corrected chi connectivity index (χ4v) is 3.89. The van der Waals surface area contributed by atoms with E-state index in [0.29, 0.717) is 11.3 Å². The zero-order valence-corrected chi connectivity index (χ0v) is 17.1. The fourth-order valence-electron chi connectivity index (χ4n) is 2.84. The molecule has 1 aliphatic heterocycles. The van der Waals surface area contributed by atoms with Gasteiger partial charge in [0.15, 0.2) is 5.78 Å². The van der Waals surface area contributed by atoms with Crippen molar-refractivity contribution in [3.63, 3.8) is 0 Å². The minimum atomic E-state index is -4.24. The summed E-state index contributed by atoms with van der Waals surface area (Å²) < 4.78 is 30.6. The molecular formula is C21H21N3O5S. The molecule has 1 amide bonds. The predicted molar refractivity (Wildman–Crippen MR) is 111 cm³/mol. The van der Waals surface area contributed by atoms with E-state index >= 15 is 0 Å². The fraction of sp³-hybridized carbons (Fsp3) is 0.143. The van der Waals surface area contributed by atoms with Crippen LogP contribution in [0.25, 0.3) is 0 Å². The lowest BCUT2D eigenvalue weighted by Crippen LogP contribution is -2.43. The Bertz CT molecular complexity index is 1090.